The lowest BCUT2D eigenvalue weighted by Gasteiger charge is -2.19. The molecule has 0 bridgehead atoms. The van der Waals surface area contributed by atoms with Gasteiger partial charge in [-0.05, 0) is 22.4 Å². The van der Waals surface area contributed by atoms with Gasteiger partial charge < -0.3 is 8.37 Å². The van der Waals surface area contributed by atoms with E-state index in [0.717, 1.165) is 0 Å². The SMILES string of the molecule is O=S(=O)(Oc1cc2ccccc2c(-c2ccccc2)c1OS(=O)(=O)C(F)(F)F)C(F)(F)F. The van der Waals surface area contributed by atoms with Crippen LogP contribution in [0.5, 0.6) is 11.5 Å². The van der Waals surface area contributed by atoms with E-state index in [1.165, 1.54) is 54.6 Å². The Morgan fingerprint density at radius 2 is 1.16 bits per heavy atom. The zero-order valence-corrected chi connectivity index (χ0v) is 16.9. The van der Waals surface area contributed by atoms with Crippen molar-refractivity contribution in [3.05, 3.63) is 60.7 Å². The highest BCUT2D eigenvalue weighted by Crippen LogP contribution is 2.47. The standard InChI is InChI=1S/C18H10F6O6S2/c19-17(20,21)31(25,26)29-14-10-12-8-4-5-9-13(12)15(11-6-2-1-3-7-11)16(14)30-32(27,28)18(22,23)24/h1-10H. The molecule has 0 aromatic heterocycles. The van der Waals surface area contributed by atoms with Crippen molar-refractivity contribution in [2.24, 2.45) is 0 Å². The second kappa shape index (κ2) is 7.85. The van der Waals surface area contributed by atoms with Crippen LogP contribution in [0.25, 0.3) is 21.9 Å². The summed E-state index contributed by atoms with van der Waals surface area (Å²) in [7, 11) is -12.8. The molecule has 0 saturated heterocycles. The van der Waals surface area contributed by atoms with Gasteiger partial charge in [-0.2, -0.15) is 43.2 Å². The van der Waals surface area contributed by atoms with Crippen LogP contribution in [0.2, 0.25) is 0 Å². The molecule has 0 N–H and O–H groups in total. The Labute approximate surface area is 177 Å². The molecule has 14 heteroatoms. The molecule has 0 unspecified atom stereocenters. The summed E-state index contributed by atoms with van der Waals surface area (Å²) in [6.07, 6.45) is 0. The van der Waals surface area contributed by atoms with E-state index in [0.29, 0.717) is 6.07 Å². The zero-order valence-electron chi connectivity index (χ0n) is 15.3. The molecule has 6 nitrogen and oxygen atoms in total. The average molecular weight is 500 g/mol. The summed E-state index contributed by atoms with van der Waals surface area (Å²) in [5.74, 6) is -2.77. The zero-order chi connectivity index (χ0) is 23.9. The number of benzene rings is 3. The Kier molecular flexibility index (Phi) is 5.80. The van der Waals surface area contributed by atoms with Crippen molar-refractivity contribution < 1.29 is 51.5 Å². The van der Waals surface area contributed by atoms with Crippen molar-refractivity contribution in [2.75, 3.05) is 0 Å². The Balaban J connectivity index is 2.42. The van der Waals surface area contributed by atoms with Gasteiger partial charge in [0.25, 0.3) is 0 Å². The third kappa shape index (κ3) is 4.46. The number of rotatable bonds is 5. The van der Waals surface area contributed by atoms with Crippen LogP contribution in [0.3, 0.4) is 0 Å². The van der Waals surface area contributed by atoms with Crippen LogP contribution < -0.4 is 8.37 Å². The summed E-state index contributed by atoms with van der Waals surface area (Å²) >= 11 is 0. The van der Waals surface area contributed by atoms with Gasteiger partial charge in [0.2, 0.25) is 0 Å². The number of hydrogen-bond acceptors (Lipinski definition) is 6. The molecule has 0 atom stereocenters. The Hall–Kier alpha value is -3.00. The molecular weight excluding hydrogens is 490 g/mol. The summed E-state index contributed by atoms with van der Waals surface area (Å²) in [5, 5.41) is 0.0957. The minimum atomic E-state index is -6.42. The molecule has 0 fully saturated rings. The largest absolute Gasteiger partial charge is 0.534 e. The van der Waals surface area contributed by atoms with Gasteiger partial charge >= 0.3 is 31.3 Å². The van der Waals surface area contributed by atoms with Crippen molar-refractivity contribution >= 4 is 31.0 Å². The van der Waals surface area contributed by atoms with E-state index in [1.807, 2.05) is 0 Å². The van der Waals surface area contributed by atoms with Gasteiger partial charge in [-0.3, -0.25) is 0 Å². The van der Waals surface area contributed by atoms with Crippen molar-refractivity contribution in [3.63, 3.8) is 0 Å². The van der Waals surface area contributed by atoms with Gasteiger partial charge in [0.15, 0.2) is 11.5 Å². The van der Waals surface area contributed by atoms with Crippen molar-refractivity contribution in [2.45, 2.75) is 11.0 Å². The molecule has 0 amide bonds. The Bertz CT molecular complexity index is 1360. The fourth-order valence-electron chi connectivity index (χ4n) is 2.66. The number of halogens is 6. The van der Waals surface area contributed by atoms with Crippen LogP contribution >= 0.6 is 0 Å². The van der Waals surface area contributed by atoms with Crippen LogP contribution in [0.15, 0.2) is 60.7 Å². The maximum absolute atomic E-state index is 13.0. The molecule has 0 aliphatic rings. The minimum Gasteiger partial charge on any atom is -0.372 e. The molecule has 3 rings (SSSR count). The number of hydrogen-bond donors (Lipinski definition) is 0. The number of fused-ring (bicyclic) bond motifs is 1. The predicted molar refractivity (Wildman–Crippen MR) is 101 cm³/mol. The number of alkyl halides is 6. The van der Waals surface area contributed by atoms with Gasteiger partial charge in [0.1, 0.15) is 0 Å². The Morgan fingerprint density at radius 1 is 0.656 bits per heavy atom. The molecule has 0 spiro atoms. The smallest absolute Gasteiger partial charge is 0.372 e. The second-order valence-corrected chi connectivity index (χ2v) is 9.21. The average Bonchev–Trinajstić information content (AvgIpc) is 2.67. The molecule has 0 saturated carbocycles. The monoisotopic (exact) mass is 500 g/mol. The highest BCUT2D eigenvalue weighted by Gasteiger charge is 2.51. The lowest BCUT2D eigenvalue weighted by molar-refractivity contribution is -0.0512. The molecule has 0 radical (unpaired) electrons. The van der Waals surface area contributed by atoms with Crippen molar-refractivity contribution in [1.82, 2.24) is 0 Å². The van der Waals surface area contributed by atoms with Crippen LogP contribution in [0.4, 0.5) is 26.3 Å². The summed E-state index contributed by atoms with van der Waals surface area (Å²) < 4.78 is 132. The lowest BCUT2D eigenvalue weighted by Crippen LogP contribution is -2.30. The lowest BCUT2D eigenvalue weighted by atomic mass is 9.97. The summed E-state index contributed by atoms with van der Waals surface area (Å²) in [6.45, 7) is 0. The minimum absolute atomic E-state index is 0.0194. The topological polar surface area (TPSA) is 86.7 Å². The first kappa shape index (κ1) is 23.7. The third-order valence-corrected chi connectivity index (χ3v) is 5.91. The maximum Gasteiger partial charge on any atom is 0.534 e. The van der Waals surface area contributed by atoms with E-state index in [2.05, 4.69) is 8.37 Å². The van der Waals surface area contributed by atoms with Gasteiger partial charge in [-0.25, -0.2) is 0 Å². The molecule has 32 heavy (non-hydrogen) atoms. The quantitative estimate of drug-likeness (QED) is 0.280. The van der Waals surface area contributed by atoms with Crippen LogP contribution in [0.1, 0.15) is 0 Å². The van der Waals surface area contributed by atoms with Crippen LogP contribution in [-0.2, 0) is 20.2 Å². The second-order valence-electron chi connectivity index (χ2n) is 6.13. The molecule has 0 aliphatic carbocycles. The molecule has 0 heterocycles. The van der Waals surface area contributed by atoms with Crippen LogP contribution in [-0.4, -0.2) is 27.9 Å². The van der Waals surface area contributed by atoms with Crippen LogP contribution in [0, 0.1) is 0 Å². The first-order valence-electron chi connectivity index (χ1n) is 8.27. The van der Waals surface area contributed by atoms with Crippen molar-refractivity contribution in [3.8, 4) is 22.6 Å². The van der Waals surface area contributed by atoms with E-state index in [1.54, 1.807) is 0 Å². The molecule has 3 aromatic rings. The third-order valence-electron chi connectivity index (χ3n) is 3.99. The molecule has 3 aromatic carbocycles. The van der Waals surface area contributed by atoms with E-state index >= 15 is 0 Å². The normalized spacial score (nSPS) is 13.2. The van der Waals surface area contributed by atoms with Gasteiger partial charge in [-0.1, -0.05) is 54.6 Å². The summed E-state index contributed by atoms with van der Waals surface area (Å²) in [6, 6.07) is 13.0. The van der Waals surface area contributed by atoms with E-state index in [4.69, 9.17) is 0 Å². The highest BCUT2D eigenvalue weighted by atomic mass is 32.2. The summed E-state index contributed by atoms with van der Waals surface area (Å²) in [5.41, 5.74) is -12.3. The van der Waals surface area contributed by atoms with Gasteiger partial charge in [0.05, 0.1) is 0 Å². The van der Waals surface area contributed by atoms with E-state index in [-0.39, 0.29) is 16.3 Å². The van der Waals surface area contributed by atoms with E-state index in [9.17, 15) is 43.2 Å². The Morgan fingerprint density at radius 3 is 1.72 bits per heavy atom. The maximum atomic E-state index is 13.0. The van der Waals surface area contributed by atoms with E-state index < -0.39 is 48.3 Å². The first-order valence-corrected chi connectivity index (χ1v) is 11.1. The first-order chi connectivity index (χ1) is 14.6. The highest BCUT2D eigenvalue weighted by molar-refractivity contribution is 7.88. The summed E-state index contributed by atoms with van der Waals surface area (Å²) in [4.78, 5) is 0. The molecule has 0 aliphatic heterocycles. The molecule has 172 valence electrons. The predicted octanol–water partition coefficient (Wildman–Crippen LogP) is 4.96. The van der Waals surface area contributed by atoms with Crippen molar-refractivity contribution in [1.29, 1.82) is 0 Å². The fourth-order valence-corrected chi connectivity index (χ4v) is 3.60. The fraction of sp³-hybridized carbons (Fsp3) is 0.111. The molecular formula is C18H10F6O6S2. The van der Waals surface area contributed by atoms with Gasteiger partial charge in [0, 0.05) is 5.56 Å². The van der Waals surface area contributed by atoms with Gasteiger partial charge in [-0.15, -0.1) is 0 Å².